The first-order chi connectivity index (χ1) is 8.89. The van der Waals surface area contributed by atoms with Crippen LogP contribution < -0.4 is 16.2 Å². The normalized spacial score (nSPS) is 11.3. The zero-order valence-corrected chi connectivity index (χ0v) is 10.6. The molecule has 0 aliphatic heterocycles. The Labute approximate surface area is 110 Å². The Hall–Kier alpha value is -2.12. The van der Waals surface area contributed by atoms with Crippen molar-refractivity contribution in [1.29, 1.82) is 0 Å². The largest absolute Gasteiger partial charge is 0.396 e. The van der Waals surface area contributed by atoms with Gasteiger partial charge in [0.15, 0.2) is 0 Å². The van der Waals surface area contributed by atoms with Gasteiger partial charge in [-0.15, -0.1) is 0 Å². The molecule has 0 unspecified atom stereocenters. The molecule has 7 heteroatoms. The second-order valence-corrected chi connectivity index (χ2v) is 5.40. The Kier molecular flexibility index (Phi) is 3.41. The maximum atomic E-state index is 13.5. The molecule has 0 spiro atoms. The van der Waals surface area contributed by atoms with Gasteiger partial charge in [-0.1, -0.05) is 18.2 Å². The van der Waals surface area contributed by atoms with E-state index in [0.29, 0.717) is 0 Å². The van der Waals surface area contributed by atoms with Crippen LogP contribution in [0.15, 0.2) is 47.4 Å². The Morgan fingerprint density at radius 3 is 2.26 bits per heavy atom. The van der Waals surface area contributed by atoms with Crippen LogP contribution in [0.5, 0.6) is 0 Å². The van der Waals surface area contributed by atoms with E-state index in [1.54, 1.807) is 12.1 Å². The Morgan fingerprint density at radius 2 is 1.63 bits per heavy atom. The quantitative estimate of drug-likeness (QED) is 0.747. The van der Waals surface area contributed by atoms with Crippen molar-refractivity contribution in [2.45, 2.75) is 4.90 Å². The van der Waals surface area contributed by atoms with Gasteiger partial charge in [-0.25, -0.2) is 17.9 Å². The number of anilines is 3. The average Bonchev–Trinajstić information content (AvgIpc) is 2.33. The van der Waals surface area contributed by atoms with Crippen molar-refractivity contribution in [2.24, 2.45) is 5.14 Å². The van der Waals surface area contributed by atoms with Crippen LogP contribution in [0.2, 0.25) is 0 Å². The second-order valence-electron chi connectivity index (χ2n) is 3.87. The molecule has 5 nitrogen and oxygen atoms in total. The summed E-state index contributed by atoms with van der Waals surface area (Å²) in [7, 11) is -3.92. The molecule has 0 saturated heterocycles. The molecule has 0 atom stereocenters. The van der Waals surface area contributed by atoms with Gasteiger partial charge in [-0.2, -0.15) is 0 Å². The third-order valence-electron chi connectivity index (χ3n) is 2.52. The van der Waals surface area contributed by atoms with Gasteiger partial charge in [0.25, 0.3) is 0 Å². The lowest BCUT2D eigenvalue weighted by Gasteiger charge is -2.12. The summed E-state index contributed by atoms with van der Waals surface area (Å²) >= 11 is 0. The summed E-state index contributed by atoms with van der Waals surface area (Å²) < 4.78 is 36.1. The minimum absolute atomic E-state index is 0.0479. The van der Waals surface area contributed by atoms with Crippen LogP contribution >= 0.6 is 0 Å². The van der Waals surface area contributed by atoms with Crippen molar-refractivity contribution in [1.82, 2.24) is 0 Å². The van der Waals surface area contributed by atoms with Gasteiger partial charge in [0.1, 0.15) is 10.7 Å². The zero-order valence-electron chi connectivity index (χ0n) is 9.80. The van der Waals surface area contributed by atoms with Gasteiger partial charge in [-0.3, -0.25) is 0 Å². The van der Waals surface area contributed by atoms with E-state index in [9.17, 15) is 12.8 Å². The molecule has 100 valence electrons. The number of benzene rings is 2. The topological polar surface area (TPSA) is 98.2 Å². The van der Waals surface area contributed by atoms with Crippen LogP contribution in [0.3, 0.4) is 0 Å². The SMILES string of the molecule is Nc1c(Nc2ccccc2F)cccc1S(N)(=O)=O. The summed E-state index contributed by atoms with van der Waals surface area (Å²) in [6.45, 7) is 0. The van der Waals surface area contributed by atoms with Crippen molar-refractivity contribution < 1.29 is 12.8 Å². The molecule has 0 heterocycles. The van der Waals surface area contributed by atoms with E-state index in [1.807, 2.05) is 0 Å². The summed E-state index contributed by atoms with van der Waals surface area (Å²) in [4.78, 5) is -0.200. The van der Waals surface area contributed by atoms with Gasteiger partial charge in [-0.05, 0) is 24.3 Å². The number of halogens is 1. The van der Waals surface area contributed by atoms with E-state index in [0.717, 1.165) is 0 Å². The lowest BCUT2D eigenvalue weighted by Crippen LogP contribution is -2.15. The summed E-state index contributed by atoms with van der Waals surface area (Å²) in [5.41, 5.74) is 6.15. The summed E-state index contributed by atoms with van der Waals surface area (Å²) in [6.07, 6.45) is 0. The molecular weight excluding hydrogens is 269 g/mol. The minimum Gasteiger partial charge on any atom is -0.396 e. The number of sulfonamides is 1. The molecule has 2 aromatic rings. The lowest BCUT2D eigenvalue weighted by atomic mass is 10.2. The number of hydrogen-bond donors (Lipinski definition) is 3. The first-order valence-corrected chi connectivity index (χ1v) is 6.87. The van der Waals surface area contributed by atoms with Gasteiger partial charge < -0.3 is 11.1 Å². The van der Waals surface area contributed by atoms with E-state index < -0.39 is 15.8 Å². The number of nitrogens with two attached hydrogens (primary N) is 2. The standard InChI is InChI=1S/C12H12FN3O2S/c13-8-4-1-2-5-9(8)16-10-6-3-7-11(12(10)14)19(15,17)18/h1-7,16H,14H2,(H2,15,17,18). The number of primary sulfonamides is 1. The van der Waals surface area contributed by atoms with Gasteiger partial charge in [0.2, 0.25) is 10.0 Å². The maximum absolute atomic E-state index is 13.5. The highest BCUT2D eigenvalue weighted by Gasteiger charge is 2.15. The maximum Gasteiger partial charge on any atom is 0.240 e. The fourth-order valence-corrected chi connectivity index (χ4v) is 2.29. The number of nitrogens with one attached hydrogen (secondary N) is 1. The number of hydrogen-bond acceptors (Lipinski definition) is 4. The highest BCUT2D eigenvalue weighted by Crippen LogP contribution is 2.29. The van der Waals surface area contributed by atoms with Crippen LogP contribution in [0.25, 0.3) is 0 Å². The molecule has 0 bridgehead atoms. The van der Waals surface area contributed by atoms with Crippen LogP contribution in [0, 0.1) is 5.82 Å². The molecule has 2 rings (SSSR count). The fourth-order valence-electron chi connectivity index (χ4n) is 1.61. The van der Waals surface area contributed by atoms with Crippen molar-refractivity contribution in [3.63, 3.8) is 0 Å². The molecule has 0 aliphatic rings. The first-order valence-electron chi connectivity index (χ1n) is 5.32. The molecule has 0 saturated carbocycles. The first kappa shape index (κ1) is 13.3. The fraction of sp³-hybridized carbons (Fsp3) is 0. The van der Waals surface area contributed by atoms with Crippen molar-refractivity contribution in [3.8, 4) is 0 Å². The van der Waals surface area contributed by atoms with E-state index in [-0.39, 0.29) is 22.0 Å². The summed E-state index contributed by atoms with van der Waals surface area (Å²) in [6, 6.07) is 10.3. The van der Waals surface area contributed by atoms with Crippen LogP contribution in [0.1, 0.15) is 0 Å². The Bertz CT molecular complexity index is 717. The molecule has 5 N–H and O–H groups in total. The van der Waals surface area contributed by atoms with Gasteiger partial charge in [0.05, 0.1) is 17.1 Å². The number of rotatable bonds is 3. The third-order valence-corrected chi connectivity index (χ3v) is 3.48. The predicted octanol–water partition coefficient (Wildman–Crippen LogP) is 1.80. The molecule has 0 aliphatic carbocycles. The molecule has 0 amide bonds. The van der Waals surface area contributed by atoms with E-state index in [4.69, 9.17) is 10.9 Å². The van der Waals surface area contributed by atoms with E-state index >= 15 is 0 Å². The average molecular weight is 281 g/mol. The predicted molar refractivity (Wildman–Crippen MR) is 71.9 cm³/mol. The lowest BCUT2D eigenvalue weighted by molar-refractivity contribution is 0.598. The number of nitrogen functional groups attached to an aromatic ring is 1. The van der Waals surface area contributed by atoms with Crippen LogP contribution in [0.4, 0.5) is 21.5 Å². The smallest absolute Gasteiger partial charge is 0.240 e. The highest BCUT2D eigenvalue weighted by molar-refractivity contribution is 7.89. The minimum atomic E-state index is -3.92. The van der Waals surface area contributed by atoms with Gasteiger partial charge >= 0.3 is 0 Å². The van der Waals surface area contributed by atoms with Crippen LogP contribution in [-0.2, 0) is 10.0 Å². The van der Waals surface area contributed by atoms with Crippen LogP contribution in [-0.4, -0.2) is 8.42 Å². The Balaban J connectivity index is 2.46. The summed E-state index contributed by atoms with van der Waals surface area (Å²) in [5.74, 6) is -0.470. The van der Waals surface area contributed by atoms with E-state index in [1.165, 1.54) is 30.3 Å². The number of para-hydroxylation sites is 2. The molecule has 0 aromatic heterocycles. The van der Waals surface area contributed by atoms with Gasteiger partial charge in [0, 0.05) is 0 Å². The Morgan fingerprint density at radius 1 is 1.00 bits per heavy atom. The van der Waals surface area contributed by atoms with Crippen molar-refractivity contribution in [2.75, 3.05) is 11.1 Å². The van der Waals surface area contributed by atoms with Crippen molar-refractivity contribution >= 4 is 27.1 Å². The third kappa shape index (κ3) is 2.83. The molecule has 19 heavy (non-hydrogen) atoms. The zero-order chi connectivity index (χ0) is 14.0. The summed E-state index contributed by atoms with van der Waals surface area (Å²) in [5, 5.41) is 7.77. The second kappa shape index (κ2) is 4.87. The highest BCUT2D eigenvalue weighted by atomic mass is 32.2. The molecule has 0 radical (unpaired) electrons. The monoisotopic (exact) mass is 281 g/mol. The molecular formula is C12H12FN3O2S. The van der Waals surface area contributed by atoms with Crippen molar-refractivity contribution in [3.05, 3.63) is 48.3 Å². The molecule has 0 fully saturated rings. The van der Waals surface area contributed by atoms with E-state index in [2.05, 4.69) is 5.32 Å². The molecule has 2 aromatic carbocycles.